The van der Waals surface area contributed by atoms with Crippen molar-refractivity contribution in [3.8, 4) is 0 Å². The van der Waals surface area contributed by atoms with E-state index in [1.807, 2.05) is 44.2 Å². The van der Waals surface area contributed by atoms with Crippen molar-refractivity contribution in [3.63, 3.8) is 0 Å². The zero-order valence-corrected chi connectivity index (χ0v) is 29.2. The van der Waals surface area contributed by atoms with Crippen LogP contribution >= 0.6 is 0 Å². The van der Waals surface area contributed by atoms with Crippen LogP contribution in [-0.2, 0) is 32.9 Å². The molecule has 47 heavy (non-hydrogen) atoms. The number of fused-ring (bicyclic) bond motifs is 3. The number of amides is 2. The van der Waals surface area contributed by atoms with Crippen molar-refractivity contribution in [2.75, 3.05) is 18.1 Å². The van der Waals surface area contributed by atoms with Crippen molar-refractivity contribution < 1.29 is 29.2 Å². The molecule has 2 aromatic carbocycles. The van der Waals surface area contributed by atoms with E-state index in [1.54, 1.807) is 29.0 Å². The van der Waals surface area contributed by atoms with Crippen LogP contribution < -0.4 is 4.90 Å². The highest BCUT2D eigenvalue weighted by Crippen LogP contribution is 2.60. The summed E-state index contributed by atoms with van der Waals surface area (Å²) < 4.78 is 6.79. The van der Waals surface area contributed by atoms with E-state index in [4.69, 9.17) is 4.74 Å². The van der Waals surface area contributed by atoms with Crippen LogP contribution in [0.2, 0.25) is 18.6 Å². The first-order chi connectivity index (χ1) is 22.2. The van der Waals surface area contributed by atoms with Crippen LogP contribution in [0.1, 0.15) is 63.6 Å². The molecule has 252 valence electrons. The first-order valence-corrected chi connectivity index (χ1v) is 19.5. The number of carbonyl (C=O) groups is 2. The van der Waals surface area contributed by atoms with Gasteiger partial charge in [-0.05, 0) is 70.3 Å². The Morgan fingerprint density at radius 3 is 2.49 bits per heavy atom. The van der Waals surface area contributed by atoms with Gasteiger partial charge in [-0.2, -0.15) is 0 Å². The van der Waals surface area contributed by atoms with Crippen LogP contribution in [0.25, 0.3) is 0 Å². The largest absolute Gasteiger partial charge is 0.432 e. The minimum absolute atomic E-state index is 0.0900. The molecule has 2 N–H and O–H groups in total. The number of non-ortho nitro benzene ring substituents is 1. The number of anilines is 1. The summed E-state index contributed by atoms with van der Waals surface area (Å²) in [6.45, 7) is 12.0. The second-order valence-electron chi connectivity index (χ2n) is 14.1. The maximum atomic E-state index is 14.6. The average molecular weight is 662 g/mol. The molecular weight excluding hydrogens is 614 g/mol. The van der Waals surface area contributed by atoms with Gasteiger partial charge in [-0.1, -0.05) is 54.5 Å². The van der Waals surface area contributed by atoms with Crippen molar-refractivity contribution in [2.45, 2.75) is 96.3 Å². The summed E-state index contributed by atoms with van der Waals surface area (Å²) in [5.41, 5.74) is 3.14. The van der Waals surface area contributed by atoms with Gasteiger partial charge in [0.15, 0.2) is 13.9 Å². The molecule has 1 saturated heterocycles. The molecule has 0 aliphatic carbocycles. The molecule has 5 rings (SSSR count). The Kier molecular flexibility index (Phi) is 9.94. The number of hydrogen-bond donors (Lipinski definition) is 2. The van der Waals surface area contributed by atoms with Crippen LogP contribution in [0.5, 0.6) is 0 Å². The van der Waals surface area contributed by atoms with Gasteiger partial charge in [0.05, 0.1) is 35.8 Å². The number of aliphatic hydroxyl groups is 1. The molecule has 0 bridgehead atoms. The number of nitrogens with zero attached hydrogens (tertiary/aromatic N) is 3. The van der Waals surface area contributed by atoms with Crippen molar-refractivity contribution in [2.24, 2.45) is 5.92 Å². The first-order valence-electron chi connectivity index (χ1n) is 16.5. The molecule has 1 spiro atoms. The molecular formula is C36H47N3O7Si. The van der Waals surface area contributed by atoms with E-state index in [-0.39, 0.29) is 37.1 Å². The van der Waals surface area contributed by atoms with Crippen molar-refractivity contribution in [1.82, 2.24) is 4.90 Å². The minimum atomic E-state index is -3.08. The molecule has 3 heterocycles. The van der Waals surface area contributed by atoms with Crippen LogP contribution in [0.15, 0.2) is 65.8 Å². The molecule has 0 aromatic heterocycles. The molecule has 10 nitrogen and oxygen atoms in total. The zero-order chi connectivity index (χ0) is 34.3. The summed E-state index contributed by atoms with van der Waals surface area (Å²) in [7, 11) is -3.08. The van der Waals surface area contributed by atoms with Crippen molar-refractivity contribution in [1.29, 1.82) is 0 Å². The number of hydrogen-bond acceptors (Lipinski definition) is 7. The van der Waals surface area contributed by atoms with Crippen LogP contribution in [-0.4, -0.2) is 65.2 Å². The maximum Gasteiger partial charge on any atom is 0.269 e. The second kappa shape index (κ2) is 13.5. The summed E-state index contributed by atoms with van der Waals surface area (Å²) in [4.78, 5) is 55.0. The first kappa shape index (κ1) is 34.7. The number of nitro groups is 1. The van der Waals surface area contributed by atoms with Gasteiger partial charge in [-0.15, -0.1) is 0 Å². The van der Waals surface area contributed by atoms with Gasteiger partial charge >= 0.3 is 0 Å². The Hall–Kier alpha value is -3.64. The van der Waals surface area contributed by atoms with Crippen LogP contribution in [0, 0.1) is 16.0 Å². The van der Waals surface area contributed by atoms with Crippen molar-refractivity contribution in [3.05, 3.63) is 92.6 Å². The summed E-state index contributed by atoms with van der Waals surface area (Å²) in [5.74, 6) is -1.14. The summed E-state index contributed by atoms with van der Waals surface area (Å²) >= 11 is 0. The molecule has 2 amide bonds. The fraction of sp³-hybridized carbons (Fsp3) is 0.500. The number of nitro benzene ring substituents is 1. The molecule has 0 saturated carbocycles. The number of carbonyl (C=O) groups excluding carboxylic acids is 2. The third kappa shape index (κ3) is 6.58. The van der Waals surface area contributed by atoms with Crippen LogP contribution in [0.4, 0.5) is 11.4 Å². The van der Waals surface area contributed by atoms with E-state index in [2.05, 4.69) is 19.9 Å². The van der Waals surface area contributed by atoms with Gasteiger partial charge in [0.25, 0.3) is 11.6 Å². The predicted molar refractivity (Wildman–Crippen MR) is 183 cm³/mol. The molecule has 0 unspecified atom stereocenters. The smallest absolute Gasteiger partial charge is 0.269 e. The van der Waals surface area contributed by atoms with E-state index >= 15 is 0 Å². The monoisotopic (exact) mass is 661 g/mol. The van der Waals surface area contributed by atoms with Gasteiger partial charge < -0.3 is 24.4 Å². The Morgan fingerprint density at radius 2 is 1.85 bits per heavy atom. The van der Waals surface area contributed by atoms with E-state index in [9.17, 15) is 29.6 Å². The molecule has 2 aromatic rings. The zero-order valence-electron chi connectivity index (χ0n) is 28.2. The molecule has 1 fully saturated rings. The lowest BCUT2D eigenvalue weighted by Crippen LogP contribution is -2.48. The number of allylic oxidation sites excluding steroid dienone is 3. The standard InChI is InChI=1S/C36H47N3O7Si/c1-23(2)10-9-11-24(3)16-17-37-31-15-14-28(39(43)44)19-30(31)36(35(37)42)25(4)34(47(5,6)45)32(46-36)20-33(41)38-21-27-13-8-7-12-26(27)18-29(38)22-40/h7-8,10,12-16,19,25,29,32,34,40,45H,9,11,17-18,20-22H2,1-6H3/b24-16+/t25-,29+,32+,34-,36+/m1/s1. The van der Waals surface area contributed by atoms with Gasteiger partial charge in [0.1, 0.15) is 0 Å². The highest BCUT2D eigenvalue weighted by atomic mass is 28.4. The Bertz CT molecular complexity index is 1610. The van der Waals surface area contributed by atoms with Crippen LogP contribution in [0.3, 0.4) is 0 Å². The van der Waals surface area contributed by atoms with E-state index in [0.717, 1.165) is 29.5 Å². The lowest BCUT2D eigenvalue weighted by Gasteiger charge is -2.37. The lowest BCUT2D eigenvalue weighted by molar-refractivity contribution is -0.385. The molecule has 3 aliphatic heterocycles. The quantitative estimate of drug-likeness (QED) is 0.143. The number of rotatable bonds is 10. The average Bonchev–Trinajstić information content (AvgIpc) is 3.44. The predicted octanol–water partition coefficient (Wildman–Crippen LogP) is 5.77. The van der Waals surface area contributed by atoms with E-state index < -0.39 is 42.4 Å². The maximum absolute atomic E-state index is 14.6. The number of aliphatic hydroxyl groups excluding tert-OH is 1. The van der Waals surface area contributed by atoms with Gasteiger partial charge in [-0.25, -0.2) is 0 Å². The lowest BCUT2D eigenvalue weighted by atomic mass is 9.82. The minimum Gasteiger partial charge on any atom is -0.432 e. The fourth-order valence-electron chi connectivity index (χ4n) is 7.83. The molecule has 5 atom stereocenters. The van der Waals surface area contributed by atoms with E-state index in [1.165, 1.54) is 17.7 Å². The third-order valence-corrected chi connectivity index (χ3v) is 12.7. The number of benzene rings is 2. The highest BCUT2D eigenvalue weighted by Gasteiger charge is 2.66. The Balaban J connectivity index is 1.50. The topological polar surface area (TPSA) is 133 Å². The molecule has 0 radical (unpaired) electrons. The highest BCUT2D eigenvalue weighted by molar-refractivity contribution is 6.71. The van der Waals surface area contributed by atoms with Gasteiger partial charge in [0, 0.05) is 42.2 Å². The van der Waals surface area contributed by atoms with E-state index in [0.29, 0.717) is 24.2 Å². The fourth-order valence-corrected chi connectivity index (χ4v) is 10.4. The summed E-state index contributed by atoms with van der Waals surface area (Å²) in [6.07, 6.45) is 5.53. The van der Waals surface area contributed by atoms with Crippen molar-refractivity contribution >= 4 is 31.5 Å². The Labute approximate surface area is 278 Å². The SMILES string of the molecule is CC(C)=CCC/C(C)=C/CN1C(=O)[C@@]2(O[C@@H](CC(=O)N3Cc4ccccc4C[C@H]3CO)[C@H]([Si](C)(C)O)[C@H]2C)c2cc([N+](=O)[O-])ccc21. The van der Waals surface area contributed by atoms with Gasteiger partial charge in [0.2, 0.25) is 5.91 Å². The van der Waals surface area contributed by atoms with Gasteiger partial charge in [-0.3, -0.25) is 19.7 Å². The second-order valence-corrected chi connectivity index (χ2v) is 18.1. The summed E-state index contributed by atoms with van der Waals surface area (Å²) in [5, 5.41) is 22.1. The molecule has 11 heteroatoms. The molecule has 3 aliphatic rings. The normalized spacial score (nSPS) is 25.6. The number of ether oxygens (including phenoxy) is 1. The Morgan fingerprint density at radius 1 is 1.15 bits per heavy atom. The third-order valence-electron chi connectivity index (χ3n) is 10.2. The summed E-state index contributed by atoms with van der Waals surface area (Å²) in [6, 6.07) is 11.9.